The fourth-order valence-corrected chi connectivity index (χ4v) is 9.87. The lowest BCUT2D eigenvalue weighted by atomic mass is 9.70. The molecule has 12 rings (SSSR count). The van der Waals surface area contributed by atoms with Gasteiger partial charge < -0.3 is 0 Å². The number of aromatic nitrogens is 2. The lowest BCUT2D eigenvalue weighted by molar-refractivity contribution is 0.794. The minimum atomic E-state index is -0.430. The summed E-state index contributed by atoms with van der Waals surface area (Å²) in [6.45, 7) is 0. The Kier molecular flexibility index (Phi) is 6.29. The van der Waals surface area contributed by atoms with Crippen molar-refractivity contribution in [2.45, 2.75) is 5.41 Å². The molecule has 0 radical (unpaired) electrons. The molecule has 0 atom stereocenters. The van der Waals surface area contributed by atoms with E-state index in [9.17, 15) is 0 Å². The predicted octanol–water partition coefficient (Wildman–Crippen LogP) is 13.3. The molecule has 1 heterocycles. The van der Waals surface area contributed by atoms with Crippen LogP contribution < -0.4 is 0 Å². The van der Waals surface area contributed by atoms with E-state index >= 15 is 0 Å². The Morgan fingerprint density at radius 3 is 1.64 bits per heavy atom. The maximum atomic E-state index is 5.62. The first kappa shape index (κ1) is 30.3. The number of benzene rings is 9. The minimum absolute atomic E-state index is 0.430. The van der Waals surface area contributed by atoms with E-state index in [0.29, 0.717) is 0 Å². The molecule has 1 spiro atoms. The highest BCUT2D eigenvalue weighted by Gasteiger charge is 2.52. The largest absolute Gasteiger partial charge is 0.228 e. The Morgan fingerprint density at radius 1 is 0.309 bits per heavy atom. The second-order valence-electron chi connectivity index (χ2n) is 14.8. The molecule has 55 heavy (non-hydrogen) atoms. The number of rotatable bonds is 3. The first-order chi connectivity index (χ1) is 27.3. The fourth-order valence-electron chi connectivity index (χ4n) is 9.87. The summed E-state index contributed by atoms with van der Waals surface area (Å²) in [5.41, 5.74) is 15.0. The van der Waals surface area contributed by atoms with Crippen LogP contribution in [0.3, 0.4) is 0 Å². The molecule has 1 aromatic heterocycles. The molecule has 254 valence electrons. The third kappa shape index (κ3) is 4.14. The number of nitrogens with zero attached hydrogens (tertiary/aromatic N) is 2. The zero-order chi connectivity index (χ0) is 36.1. The molecule has 10 aromatic rings. The molecule has 0 N–H and O–H groups in total. The van der Waals surface area contributed by atoms with E-state index < -0.39 is 5.41 Å². The highest BCUT2D eigenvalue weighted by atomic mass is 14.9. The van der Waals surface area contributed by atoms with E-state index in [1.54, 1.807) is 0 Å². The average molecular weight is 697 g/mol. The predicted molar refractivity (Wildman–Crippen MR) is 227 cm³/mol. The lowest BCUT2D eigenvalue weighted by Gasteiger charge is -2.30. The Balaban J connectivity index is 1.19. The summed E-state index contributed by atoms with van der Waals surface area (Å²) in [6, 6.07) is 70.7. The Bertz CT molecular complexity index is 3170. The minimum Gasteiger partial charge on any atom is -0.228 e. The highest BCUT2D eigenvalue weighted by molar-refractivity contribution is 6.19. The number of hydrogen-bond donors (Lipinski definition) is 0. The molecule has 2 heteroatoms. The standard InChI is InChI=1S/C53H32N2/c1-2-16-34(17-3-1)48-32-49(55-52(54-48)51-37-20-7-5-18-35(37)31-43-36-19-6-4-15-33(36)29-30-40(43)51)42-24-14-28-47-50(42)41-23-10-13-27-46(41)53(47)44-25-11-8-21-38(44)39-22-9-12-26-45(39)53/h1-32H. The van der Waals surface area contributed by atoms with Gasteiger partial charge in [0.1, 0.15) is 0 Å². The average Bonchev–Trinajstić information content (AvgIpc) is 3.73. The Morgan fingerprint density at radius 2 is 0.873 bits per heavy atom. The molecular weight excluding hydrogens is 665 g/mol. The van der Waals surface area contributed by atoms with Gasteiger partial charge in [-0.1, -0.05) is 182 Å². The first-order valence-corrected chi connectivity index (χ1v) is 19.0. The van der Waals surface area contributed by atoms with Crippen LogP contribution in [0.25, 0.3) is 88.5 Å². The summed E-state index contributed by atoms with van der Waals surface area (Å²) >= 11 is 0. The van der Waals surface area contributed by atoms with Crippen LogP contribution in [0.4, 0.5) is 0 Å². The van der Waals surface area contributed by atoms with Crippen molar-refractivity contribution >= 4 is 32.3 Å². The van der Waals surface area contributed by atoms with E-state index in [-0.39, 0.29) is 0 Å². The van der Waals surface area contributed by atoms with Crippen LogP contribution in [-0.4, -0.2) is 9.97 Å². The Hall–Kier alpha value is -7.16. The van der Waals surface area contributed by atoms with Gasteiger partial charge >= 0.3 is 0 Å². The van der Waals surface area contributed by atoms with Gasteiger partial charge in [0, 0.05) is 16.7 Å². The van der Waals surface area contributed by atoms with E-state index in [1.807, 2.05) is 0 Å². The topological polar surface area (TPSA) is 25.8 Å². The van der Waals surface area contributed by atoms with Gasteiger partial charge in [-0.2, -0.15) is 0 Å². The van der Waals surface area contributed by atoms with Gasteiger partial charge in [0.2, 0.25) is 0 Å². The van der Waals surface area contributed by atoms with Crippen LogP contribution in [0, 0.1) is 0 Å². The van der Waals surface area contributed by atoms with Crippen LogP contribution in [0.15, 0.2) is 194 Å². The number of fused-ring (bicyclic) bond motifs is 14. The van der Waals surface area contributed by atoms with Crippen LogP contribution in [-0.2, 0) is 5.41 Å². The third-order valence-electron chi connectivity index (χ3n) is 12.1. The molecule has 0 bridgehead atoms. The second-order valence-corrected chi connectivity index (χ2v) is 14.8. The van der Waals surface area contributed by atoms with Crippen LogP contribution >= 0.6 is 0 Å². The van der Waals surface area contributed by atoms with E-state index in [2.05, 4.69) is 194 Å². The van der Waals surface area contributed by atoms with Crippen LogP contribution in [0.1, 0.15) is 22.3 Å². The van der Waals surface area contributed by atoms with Crippen LogP contribution in [0.2, 0.25) is 0 Å². The van der Waals surface area contributed by atoms with E-state index in [1.165, 1.54) is 66.1 Å². The smallest absolute Gasteiger partial charge is 0.161 e. The Labute approximate surface area is 319 Å². The van der Waals surface area contributed by atoms with Gasteiger partial charge in [0.25, 0.3) is 0 Å². The van der Waals surface area contributed by atoms with Gasteiger partial charge in [0.05, 0.1) is 16.8 Å². The van der Waals surface area contributed by atoms with Crippen molar-refractivity contribution < 1.29 is 0 Å². The molecule has 0 amide bonds. The molecule has 0 saturated heterocycles. The highest BCUT2D eigenvalue weighted by Crippen LogP contribution is 2.64. The van der Waals surface area contributed by atoms with Gasteiger partial charge in [-0.3, -0.25) is 0 Å². The molecule has 0 saturated carbocycles. The summed E-state index contributed by atoms with van der Waals surface area (Å²) in [5, 5.41) is 7.12. The molecule has 2 aliphatic rings. The van der Waals surface area contributed by atoms with Crippen molar-refractivity contribution in [1.29, 1.82) is 0 Å². The summed E-state index contributed by atoms with van der Waals surface area (Å²) in [7, 11) is 0. The molecule has 2 aliphatic carbocycles. The zero-order valence-electron chi connectivity index (χ0n) is 29.9. The molecular formula is C53H32N2. The van der Waals surface area contributed by atoms with Gasteiger partial charge in [-0.25, -0.2) is 9.97 Å². The zero-order valence-corrected chi connectivity index (χ0v) is 29.9. The van der Waals surface area contributed by atoms with Gasteiger partial charge in [0.15, 0.2) is 5.82 Å². The van der Waals surface area contributed by atoms with Crippen molar-refractivity contribution in [3.05, 3.63) is 216 Å². The monoisotopic (exact) mass is 696 g/mol. The maximum Gasteiger partial charge on any atom is 0.161 e. The summed E-state index contributed by atoms with van der Waals surface area (Å²) in [6.07, 6.45) is 0. The molecule has 0 aliphatic heterocycles. The molecule has 9 aromatic carbocycles. The SMILES string of the molecule is c1ccc(-c2cc(-c3cccc4c3-c3ccccc3C43c4ccccc4-c4ccccc43)nc(-c3c4ccccc4cc4c3ccc3ccccc34)n2)cc1. The lowest BCUT2D eigenvalue weighted by Crippen LogP contribution is -2.25. The summed E-state index contributed by atoms with van der Waals surface area (Å²) in [5.74, 6) is 0.726. The summed E-state index contributed by atoms with van der Waals surface area (Å²) in [4.78, 5) is 11.1. The summed E-state index contributed by atoms with van der Waals surface area (Å²) < 4.78 is 0. The molecule has 2 nitrogen and oxygen atoms in total. The molecule has 0 unspecified atom stereocenters. The quantitative estimate of drug-likeness (QED) is 0.136. The number of hydrogen-bond acceptors (Lipinski definition) is 2. The van der Waals surface area contributed by atoms with Crippen molar-refractivity contribution in [1.82, 2.24) is 9.97 Å². The maximum absolute atomic E-state index is 5.62. The van der Waals surface area contributed by atoms with Crippen molar-refractivity contribution in [2.75, 3.05) is 0 Å². The third-order valence-corrected chi connectivity index (χ3v) is 12.1. The molecule has 0 fully saturated rings. The van der Waals surface area contributed by atoms with Gasteiger partial charge in [-0.05, 0) is 89.0 Å². The van der Waals surface area contributed by atoms with Crippen molar-refractivity contribution in [2.24, 2.45) is 0 Å². The van der Waals surface area contributed by atoms with E-state index in [0.717, 1.165) is 44.7 Å². The van der Waals surface area contributed by atoms with Crippen molar-refractivity contribution in [3.63, 3.8) is 0 Å². The van der Waals surface area contributed by atoms with E-state index in [4.69, 9.17) is 9.97 Å². The fraction of sp³-hybridized carbons (Fsp3) is 0.0189. The van der Waals surface area contributed by atoms with Gasteiger partial charge in [-0.15, -0.1) is 0 Å². The second kappa shape index (κ2) is 11.4. The van der Waals surface area contributed by atoms with Crippen LogP contribution in [0.5, 0.6) is 0 Å². The normalized spacial score (nSPS) is 13.2. The van der Waals surface area contributed by atoms with Crippen molar-refractivity contribution in [3.8, 4) is 56.2 Å². The first-order valence-electron chi connectivity index (χ1n) is 19.0.